The summed E-state index contributed by atoms with van der Waals surface area (Å²) >= 11 is 0. The maximum atomic E-state index is 12.6. The molecule has 2 N–H and O–H groups in total. The number of benzene rings is 1. The molecule has 1 aromatic carbocycles. The first-order chi connectivity index (χ1) is 9.92. The van der Waals surface area contributed by atoms with Gasteiger partial charge in [-0.05, 0) is 18.6 Å². The van der Waals surface area contributed by atoms with Crippen LogP contribution in [0.4, 0.5) is 14.5 Å². The van der Waals surface area contributed by atoms with Crippen molar-refractivity contribution in [3.8, 4) is 0 Å². The third kappa shape index (κ3) is 5.22. The predicted octanol–water partition coefficient (Wildman–Crippen LogP) is 1.44. The summed E-state index contributed by atoms with van der Waals surface area (Å²) in [5.74, 6) is 0. The molecule has 0 aliphatic heterocycles. The molecule has 0 aliphatic rings. The third-order valence-electron chi connectivity index (χ3n) is 2.77. The molecule has 0 spiro atoms. The average Bonchev–Trinajstić information content (AvgIpc) is 2.44. The van der Waals surface area contributed by atoms with Crippen molar-refractivity contribution in [1.29, 1.82) is 0 Å². The van der Waals surface area contributed by atoms with Crippen molar-refractivity contribution in [3.05, 3.63) is 24.3 Å². The molecule has 1 rings (SSSR count). The molecule has 0 aliphatic carbocycles. The van der Waals surface area contributed by atoms with Crippen LogP contribution >= 0.6 is 0 Å². The zero-order valence-corrected chi connectivity index (χ0v) is 12.6. The molecule has 0 saturated carbocycles. The quantitative estimate of drug-likeness (QED) is 0.722. The van der Waals surface area contributed by atoms with Gasteiger partial charge in [0.2, 0.25) is 10.0 Å². The second kappa shape index (κ2) is 8.26. The lowest BCUT2D eigenvalue weighted by Gasteiger charge is -2.25. The summed E-state index contributed by atoms with van der Waals surface area (Å²) < 4.78 is 52.1. The first-order valence-electron chi connectivity index (χ1n) is 6.65. The lowest BCUT2D eigenvalue weighted by atomic mass is 10.3. The van der Waals surface area contributed by atoms with E-state index in [0.717, 1.165) is 0 Å². The van der Waals surface area contributed by atoms with Crippen molar-refractivity contribution >= 4 is 15.7 Å². The predicted molar refractivity (Wildman–Crippen MR) is 77.2 cm³/mol. The molecular formula is C13H20F2N2O3S. The zero-order chi connectivity index (χ0) is 15.9. The van der Waals surface area contributed by atoms with Gasteiger partial charge in [-0.2, -0.15) is 0 Å². The molecule has 8 heteroatoms. The van der Waals surface area contributed by atoms with E-state index in [1.807, 2.05) is 6.92 Å². The van der Waals surface area contributed by atoms with Crippen LogP contribution in [0.25, 0.3) is 0 Å². The van der Waals surface area contributed by atoms with Gasteiger partial charge in [-0.3, -0.25) is 0 Å². The Kier molecular flexibility index (Phi) is 7.00. The summed E-state index contributed by atoms with van der Waals surface area (Å²) in [6, 6.07) is 5.93. The van der Waals surface area contributed by atoms with Crippen LogP contribution in [-0.4, -0.2) is 46.2 Å². The van der Waals surface area contributed by atoms with Gasteiger partial charge >= 0.3 is 0 Å². The summed E-state index contributed by atoms with van der Waals surface area (Å²) in [6.45, 7) is 1.05. The van der Waals surface area contributed by atoms with E-state index in [1.165, 1.54) is 23.1 Å². The number of halogens is 2. The van der Waals surface area contributed by atoms with Crippen molar-refractivity contribution in [3.63, 3.8) is 0 Å². The molecule has 5 nitrogen and oxygen atoms in total. The number of alkyl halides is 2. The topological polar surface area (TPSA) is 69.6 Å². The van der Waals surface area contributed by atoms with Crippen molar-refractivity contribution in [2.75, 3.05) is 31.1 Å². The van der Waals surface area contributed by atoms with Crippen LogP contribution in [0.15, 0.2) is 29.2 Å². The molecule has 120 valence electrons. The fourth-order valence-electron chi connectivity index (χ4n) is 1.86. The zero-order valence-electron chi connectivity index (χ0n) is 11.8. The number of hydrogen-bond donors (Lipinski definition) is 2. The fourth-order valence-corrected chi connectivity index (χ4v) is 3.22. The van der Waals surface area contributed by atoms with Gasteiger partial charge in [0.25, 0.3) is 6.43 Å². The van der Waals surface area contributed by atoms with Crippen LogP contribution in [0.3, 0.4) is 0 Å². The molecule has 0 heterocycles. The van der Waals surface area contributed by atoms with E-state index in [4.69, 9.17) is 5.11 Å². The second-order valence-corrected chi connectivity index (χ2v) is 6.16. The maximum absolute atomic E-state index is 12.6. The summed E-state index contributed by atoms with van der Waals surface area (Å²) in [5, 5.41) is 8.99. The number of anilines is 1. The van der Waals surface area contributed by atoms with Gasteiger partial charge in [-0.15, -0.1) is 0 Å². The van der Waals surface area contributed by atoms with Crippen molar-refractivity contribution in [2.24, 2.45) is 0 Å². The minimum absolute atomic E-state index is 0.0625. The molecule has 0 bridgehead atoms. The van der Waals surface area contributed by atoms with Crippen molar-refractivity contribution in [2.45, 2.75) is 24.7 Å². The molecule has 0 fully saturated rings. The summed E-state index contributed by atoms with van der Waals surface area (Å²) in [4.78, 5) is 1.11. The van der Waals surface area contributed by atoms with Crippen LogP contribution in [0.2, 0.25) is 0 Å². The van der Waals surface area contributed by atoms with Crippen LogP contribution < -0.4 is 9.62 Å². The monoisotopic (exact) mass is 322 g/mol. The third-order valence-corrected chi connectivity index (χ3v) is 4.27. The lowest BCUT2D eigenvalue weighted by Crippen LogP contribution is -2.34. The number of nitrogens with zero attached hydrogens (tertiary/aromatic N) is 1. The standard InChI is InChI=1S/C13H20F2N2O3S/c1-2-7-16-21(19,20)12-6-4-3-5-11(12)17(8-9-18)10-13(14)15/h3-6,13,16,18H,2,7-10H2,1H3. The Morgan fingerprint density at radius 3 is 2.57 bits per heavy atom. The minimum atomic E-state index is -3.77. The smallest absolute Gasteiger partial charge is 0.255 e. The summed E-state index contributed by atoms with van der Waals surface area (Å²) in [6.07, 6.45) is -2.00. The summed E-state index contributed by atoms with van der Waals surface area (Å²) in [7, 11) is -3.77. The SMILES string of the molecule is CCCNS(=O)(=O)c1ccccc1N(CCO)CC(F)F. The normalized spacial score (nSPS) is 11.9. The Bertz CT molecular complexity index is 538. The number of aliphatic hydroxyl groups excluding tert-OH is 1. The van der Waals surface area contributed by atoms with E-state index >= 15 is 0 Å². The Morgan fingerprint density at radius 1 is 1.33 bits per heavy atom. The average molecular weight is 322 g/mol. The highest BCUT2D eigenvalue weighted by Gasteiger charge is 2.22. The Morgan fingerprint density at radius 2 is 2.00 bits per heavy atom. The van der Waals surface area contributed by atoms with Crippen molar-refractivity contribution < 1.29 is 22.3 Å². The lowest BCUT2D eigenvalue weighted by molar-refractivity contribution is 0.152. The molecule has 1 aromatic rings. The molecule has 0 radical (unpaired) electrons. The van der Waals surface area contributed by atoms with Gasteiger partial charge < -0.3 is 10.0 Å². The Balaban J connectivity index is 3.17. The van der Waals surface area contributed by atoms with Gasteiger partial charge in [0.05, 0.1) is 18.8 Å². The molecule has 0 saturated heterocycles. The molecular weight excluding hydrogens is 302 g/mol. The molecule has 21 heavy (non-hydrogen) atoms. The number of para-hydroxylation sites is 1. The van der Waals surface area contributed by atoms with E-state index < -0.39 is 23.0 Å². The number of nitrogens with one attached hydrogen (secondary N) is 1. The van der Waals surface area contributed by atoms with Gasteiger partial charge in [0, 0.05) is 13.1 Å². The summed E-state index contributed by atoms with van der Waals surface area (Å²) in [5.41, 5.74) is 0.162. The van der Waals surface area contributed by atoms with E-state index in [0.29, 0.717) is 6.42 Å². The highest BCUT2D eigenvalue weighted by atomic mass is 32.2. The number of hydrogen-bond acceptors (Lipinski definition) is 4. The largest absolute Gasteiger partial charge is 0.395 e. The molecule has 0 unspecified atom stereocenters. The Labute approximate surface area is 123 Å². The first kappa shape index (κ1) is 17.8. The van der Waals surface area contributed by atoms with Crippen LogP contribution in [-0.2, 0) is 10.0 Å². The van der Waals surface area contributed by atoms with Crippen LogP contribution in [0.5, 0.6) is 0 Å². The maximum Gasteiger partial charge on any atom is 0.255 e. The van der Waals surface area contributed by atoms with Crippen molar-refractivity contribution in [1.82, 2.24) is 4.72 Å². The highest BCUT2D eigenvalue weighted by Crippen LogP contribution is 2.25. The molecule has 0 amide bonds. The molecule has 0 aromatic heterocycles. The minimum Gasteiger partial charge on any atom is -0.395 e. The Hall–Kier alpha value is -1.25. The van der Waals surface area contributed by atoms with Gasteiger partial charge in [0.1, 0.15) is 4.90 Å². The highest BCUT2D eigenvalue weighted by molar-refractivity contribution is 7.89. The van der Waals surface area contributed by atoms with E-state index in [2.05, 4.69) is 4.72 Å². The van der Waals surface area contributed by atoms with E-state index in [9.17, 15) is 17.2 Å². The van der Waals surface area contributed by atoms with E-state index in [1.54, 1.807) is 6.07 Å². The number of rotatable bonds is 9. The van der Waals surface area contributed by atoms with Crippen LogP contribution in [0, 0.1) is 0 Å². The van der Waals surface area contributed by atoms with Gasteiger partial charge in [0.15, 0.2) is 0 Å². The van der Waals surface area contributed by atoms with Gasteiger partial charge in [-0.25, -0.2) is 21.9 Å². The van der Waals surface area contributed by atoms with Gasteiger partial charge in [-0.1, -0.05) is 19.1 Å². The van der Waals surface area contributed by atoms with E-state index in [-0.39, 0.29) is 30.3 Å². The first-order valence-corrected chi connectivity index (χ1v) is 8.13. The molecule has 0 atom stereocenters. The number of aliphatic hydroxyl groups is 1. The number of sulfonamides is 1. The second-order valence-electron chi connectivity index (χ2n) is 4.43. The van der Waals surface area contributed by atoms with Crippen LogP contribution in [0.1, 0.15) is 13.3 Å². The fraction of sp³-hybridized carbons (Fsp3) is 0.538.